The minimum absolute atomic E-state index is 0. The second kappa shape index (κ2) is 8.56. The van der Waals surface area contributed by atoms with Gasteiger partial charge in [-0.2, -0.15) is 0 Å². The molecule has 5 nitrogen and oxygen atoms in total. The quantitative estimate of drug-likeness (QED) is 0.432. The standard InChI is InChI=1S/C15H15Cl2N2O3PS.ClH/c1-8-4-9(2)11(10(3)5-8)6-12(14(20)21)13-7-24-15(18-13)19-23(16,17)22;/h4-7H,1-3H3,(H,20,21)(H,18,19,22);1H. The van der Waals surface area contributed by atoms with Gasteiger partial charge < -0.3 is 5.11 Å². The van der Waals surface area contributed by atoms with Gasteiger partial charge in [0.15, 0.2) is 5.13 Å². The molecule has 0 saturated heterocycles. The zero-order chi connectivity index (χ0) is 18.1. The van der Waals surface area contributed by atoms with Crippen molar-refractivity contribution in [2.24, 2.45) is 0 Å². The van der Waals surface area contributed by atoms with Gasteiger partial charge >= 0.3 is 12.0 Å². The highest BCUT2D eigenvalue weighted by molar-refractivity contribution is 8.09. The lowest BCUT2D eigenvalue weighted by molar-refractivity contribution is -0.130. The number of carboxylic acids is 1. The number of aliphatic carboxylic acids is 1. The Kier molecular flexibility index (Phi) is 7.54. The van der Waals surface area contributed by atoms with E-state index in [0.717, 1.165) is 33.6 Å². The van der Waals surface area contributed by atoms with Crippen molar-refractivity contribution in [1.82, 2.24) is 4.98 Å². The zero-order valence-corrected chi connectivity index (χ0v) is 17.6. The molecule has 136 valence electrons. The van der Waals surface area contributed by atoms with E-state index in [4.69, 9.17) is 22.5 Å². The molecule has 0 saturated carbocycles. The van der Waals surface area contributed by atoms with Gasteiger partial charge in [-0.05, 0) is 66.0 Å². The number of hydrogen-bond donors (Lipinski definition) is 2. The number of halogens is 3. The first kappa shape index (κ1) is 22.0. The Balaban J connectivity index is 0.00000312. The van der Waals surface area contributed by atoms with Crippen LogP contribution in [0.2, 0.25) is 0 Å². The molecule has 1 aromatic carbocycles. The molecule has 0 amide bonds. The summed E-state index contributed by atoms with van der Waals surface area (Å²) in [6.45, 7) is 5.84. The minimum Gasteiger partial charge on any atom is -0.478 e. The lowest BCUT2D eigenvalue weighted by Crippen LogP contribution is -2.01. The number of carboxylic acid groups (broad SMARTS) is 1. The summed E-state index contributed by atoms with van der Waals surface area (Å²) in [6, 6.07) is 3.98. The molecule has 2 aromatic rings. The molecule has 0 bridgehead atoms. The van der Waals surface area contributed by atoms with E-state index >= 15 is 0 Å². The Morgan fingerprint density at radius 2 is 1.84 bits per heavy atom. The molecule has 0 aliphatic heterocycles. The van der Waals surface area contributed by atoms with E-state index in [1.807, 2.05) is 32.9 Å². The van der Waals surface area contributed by atoms with Crippen LogP contribution in [-0.4, -0.2) is 16.1 Å². The summed E-state index contributed by atoms with van der Waals surface area (Å²) in [5, 5.41) is 13.6. The van der Waals surface area contributed by atoms with Crippen molar-refractivity contribution in [3.8, 4) is 0 Å². The van der Waals surface area contributed by atoms with Crippen LogP contribution in [0.3, 0.4) is 0 Å². The third kappa shape index (κ3) is 6.01. The van der Waals surface area contributed by atoms with E-state index in [9.17, 15) is 14.5 Å². The molecule has 0 unspecified atom stereocenters. The smallest absolute Gasteiger partial charge is 0.345 e. The Bertz CT molecular complexity index is 854. The molecule has 0 spiro atoms. The van der Waals surface area contributed by atoms with Gasteiger partial charge in [-0.3, -0.25) is 9.65 Å². The van der Waals surface area contributed by atoms with Crippen LogP contribution in [-0.2, 0) is 9.36 Å². The average Bonchev–Trinajstić information content (AvgIpc) is 2.82. The maximum atomic E-state index is 11.7. The van der Waals surface area contributed by atoms with Crippen LogP contribution in [0, 0.1) is 20.8 Å². The van der Waals surface area contributed by atoms with Gasteiger partial charge in [-0.25, -0.2) is 9.78 Å². The average molecular weight is 442 g/mol. The number of hydrogen-bond acceptors (Lipinski definition) is 4. The zero-order valence-electron chi connectivity index (χ0n) is 13.5. The summed E-state index contributed by atoms with van der Waals surface area (Å²) < 4.78 is 11.4. The molecule has 25 heavy (non-hydrogen) atoms. The molecule has 0 aliphatic rings. The van der Waals surface area contributed by atoms with E-state index in [-0.39, 0.29) is 28.8 Å². The number of aromatic nitrogens is 1. The van der Waals surface area contributed by atoms with Crippen LogP contribution in [0.15, 0.2) is 17.5 Å². The SMILES string of the molecule is Cc1cc(C)c(C=C(C(=O)O)c2csc(NP(=O)(Cl)Cl)n2)c(C)c1.Cl. The second-order valence-corrected chi connectivity index (χ2v) is 10.7. The van der Waals surface area contributed by atoms with Gasteiger partial charge in [0.25, 0.3) is 0 Å². The fraction of sp³-hybridized carbons (Fsp3) is 0.200. The summed E-state index contributed by atoms with van der Waals surface area (Å²) >= 11 is 12.0. The Labute approximate surface area is 165 Å². The van der Waals surface area contributed by atoms with E-state index < -0.39 is 12.0 Å². The second-order valence-electron chi connectivity index (χ2n) is 5.29. The maximum Gasteiger partial charge on any atom is 0.345 e. The molecule has 0 atom stereocenters. The first-order valence-corrected chi connectivity index (χ1v) is 11.2. The third-order valence-electron chi connectivity index (χ3n) is 3.26. The van der Waals surface area contributed by atoms with Gasteiger partial charge in [0.05, 0.1) is 11.3 Å². The molecule has 1 aromatic heterocycles. The van der Waals surface area contributed by atoms with Gasteiger partial charge in [-0.15, -0.1) is 23.7 Å². The lowest BCUT2D eigenvalue weighted by Gasteiger charge is -2.08. The predicted octanol–water partition coefficient (Wildman–Crippen LogP) is 6.11. The molecule has 0 fully saturated rings. The van der Waals surface area contributed by atoms with Crippen LogP contribution >= 0.6 is 52.2 Å². The number of thiazole rings is 1. The molecule has 10 heteroatoms. The molecular formula is C15H16Cl3N2O3PS. The van der Waals surface area contributed by atoms with Crippen molar-refractivity contribution in [2.45, 2.75) is 20.8 Å². The van der Waals surface area contributed by atoms with Crippen molar-refractivity contribution in [1.29, 1.82) is 0 Å². The van der Waals surface area contributed by atoms with E-state index in [2.05, 4.69) is 10.1 Å². The minimum atomic E-state index is -3.54. The Hall–Kier alpha value is -1.04. The maximum absolute atomic E-state index is 11.7. The predicted molar refractivity (Wildman–Crippen MR) is 108 cm³/mol. The first-order chi connectivity index (χ1) is 11.1. The highest BCUT2D eigenvalue weighted by Gasteiger charge is 2.19. The largest absolute Gasteiger partial charge is 0.478 e. The number of nitrogens with zero attached hydrogens (tertiary/aromatic N) is 1. The summed E-state index contributed by atoms with van der Waals surface area (Å²) in [5.41, 5.74) is 4.18. The topological polar surface area (TPSA) is 79.3 Å². The lowest BCUT2D eigenvalue weighted by atomic mass is 9.97. The highest BCUT2D eigenvalue weighted by Crippen LogP contribution is 2.56. The third-order valence-corrected chi connectivity index (χ3v) is 5.15. The summed E-state index contributed by atoms with van der Waals surface area (Å²) in [5.74, 6) is -4.65. The van der Waals surface area contributed by atoms with Crippen LogP contribution < -0.4 is 5.09 Å². The van der Waals surface area contributed by atoms with Crippen LogP contribution in [0.5, 0.6) is 0 Å². The highest BCUT2D eigenvalue weighted by atomic mass is 35.9. The van der Waals surface area contributed by atoms with Crippen molar-refractivity contribution in [3.05, 3.63) is 45.5 Å². The van der Waals surface area contributed by atoms with Crippen molar-refractivity contribution in [2.75, 3.05) is 5.09 Å². The molecular weight excluding hydrogens is 426 g/mol. The number of rotatable bonds is 5. The fourth-order valence-electron chi connectivity index (χ4n) is 2.37. The number of anilines is 1. The van der Waals surface area contributed by atoms with E-state index in [1.165, 1.54) is 0 Å². The van der Waals surface area contributed by atoms with Gasteiger partial charge in [0.1, 0.15) is 0 Å². The van der Waals surface area contributed by atoms with Gasteiger partial charge in [0.2, 0.25) is 0 Å². The van der Waals surface area contributed by atoms with Crippen molar-refractivity contribution < 1.29 is 14.5 Å². The van der Waals surface area contributed by atoms with Crippen molar-refractivity contribution >= 4 is 75.0 Å². The van der Waals surface area contributed by atoms with E-state index in [1.54, 1.807) is 11.5 Å². The van der Waals surface area contributed by atoms with Crippen LogP contribution in [0.25, 0.3) is 11.6 Å². The number of benzene rings is 1. The molecule has 1 heterocycles. The number of nitrogens with one attached hydrogen (secondary N) is 1. The van der Waals surface area contributed by atoms with E-state index in [0.29, 0.717) is 0 Å². The normalized spacial score (nSPS) is 11.8. The van der Waals surface area contributed by atoms with Gasteiger partial charge in [-0.1, -0.05) is 17.7 Å². The monoisotopic (exact) mass is 440 g/mol. The Morgan fingerprint density at radius 1 is 1.28 bits per heavy atom. The number of carbonyl (C=O) groups is 1. The summed E-state index contributed by atoms with van der Waals surface area (Å²) in [4.78, 5) is 15.8. The van der Waals surface area contributed by atoms with Crippen LogP contribution in [0.1, 0.15) is 27.9 Å². The summed E-state index contributed by atoms with van der Waals surface area (Å²) in [6.07, 6.45) is 1.59. The first-order valence-electron chi connectivity index (χ1n) is 6.83. The summed E-state index contributed by atoms with van der Waals surface area (Å²) in [7, 11) is 0. The van der Waals surface area contributed by atoms with Crippen molar-refractivity contribution in [3.63, 3.8) is 0 Å². The van der Waals surface area contributed by atoms with Gasteiger partial charge in [0, 0.05) is 5.38 Å². The number of aryl methyl sites for hydroxylation is 3. The molecule has 2 N–H and O–H groups in total. The molecule has 0 radical (unpaired) electrons. The molecule has 0 aliphatic carbocycles. The van der Waals surface area contributed by atoms with Crippen LogP contribution in [0.4, 0.5) is 5.13 Å². The Morgan fingerprint density at radius 3 is 2.32 bits per heavy atom. The fourth-order valence-corrected chi connectivity index (χ4v) is 4.57. The molecule has 2 rings (SSSR count).